The maximum atomic E-state index is 10.6. The van der Waals surface area contributed by atoms with Crippen molar-refractivity contribution >= 4 is 62.3 Å². The van der Waals surface area contributed by atoms with Gasteiger partial charge in [-0.1, -0.05) is 0 Å². The molecule has 1 rings (SSSR count). The minimum Gasteiger partial charge on any atom is -0.274 e. The third-order valence-corrected chi connectivity index (χ3v) is 3.43. The molecule has 90 valence electrons. The highest BCUT2D eigenvalue weighted by Gasteiger charge is 2.13. The Morgan fingerprint density at radius 3 is 2.22 bits per heavy atom. The van der Waals surface area contributed by atoms with Gasteiger partial charge >= 0.3 is 0 Å². The molecular formula is C9H3I2N5O2. The summed E-state index contributed by atoms with van der Waals surface area (Å²) < 4.78 is 1.15. The number of hydrogen-bond acceptors (Lipinski definition) is 6. The number of benzene rings is 1. The van der Waals surface area contributed by atoms with Gasteiger partial charge in [-0.05, 0) is 45.2 Å². The molecule has 0 unspecified atom stereocenters. The molecule has 0 saturated heterocycles. The molecule has 0 radical (unpaired) electrons. The van der Waals surface area contributed by atoms with Crippen molar-refractivity contribution in [1.82, 2.24) is 0 Å². The first-order valence-electron chi connectivity index (χ1n) is 4.27. The van der Waals surface area contributed by atoms with Gasteiger partial charge < -0.3 is 0 Å². The molecule has 18 heavy (non-hydrogen) atoms. The maximum absolute atomic E-state index is 10.6. The largest absolute Gasteiger partial charge is 0.274 e. The van der Waals surface area contributed by atoms with Crippen LogP contribution in [0.5, 0.6) is 0 Å². The number of non-ortho nitro benzene ring substituents is 1. The summed E-state index contributed by atoms with van der Waals surface area (Å²) >= 11 is 3.82. The van der Waals surface area contributed by atoms with Crippen LogP contribution in [0.1, 0.15) is 0 Å². The number of nitro benzene ring substituents is 1. The number of nitrogens with one attached hydrogen (secondary N) is 1. The number of nitriles is 2. The number of hydrogen-bond donors (Lipinski definition) is 1. The van der Waals surface area contributed by atoms with Crippen molar-refractivity contribution in [3.8, 4) is 12.1 Å². The number of nitrogens with zero attached hydrogens (tertiary/aromatic N) is 4. The van der Waals surface area contributed by atoms with Gasteiger partial charge in [0.15, 0.2) is 0 Å². The zero-order chi connectivity index (χ0) is 13.7. The molecule has 0 bridgehead atoms. The van der Waals surface area contributed by atoms with E-state index in [0.717, 1.165) is 0 Å². The van der Waals surface area contributed by atoms with E-state index in [1.54, 1.807) is 12.1 Å². The van der Waals surface area contributed by atoms with Crippen LogP contribution in [0.3, 0.4) is 0 Å². The Morgan fingerprint density at radius 1 is 1.33 bits per heavy atom. The second kappa shape index (κ2) is 6.46. The summed E-state index contributed by atoms with van der Waals surface area (Å²) in [6, 6.07) is 5.96. The van der Waals surface area contributed by atoms with E-state index in [9.17, 15) is 10.1 Å². The van der Waals surface area contributed by atoms with Gasteiger partial charge in [0.05, 0.1) is 10.6 Å². The first-order chi connectivity index (χ1) is 8.49. The number of anilines is 1. The van der Waals surface area contributed by atoms with E-state index < -0.39 is 4.92 Å². The van der Waals surface area contributed by atoms with Crippen molar-refractivity contribution in [3.05, 3.63) is 29.4 Å². The highest BCUT2D eigenvalue weighted by atomic mass is 127. The quantitative estimate of drug-likeness (QED) is 0.318. The molecule has 0 saturated carbocycles. The average molecular weight is 467 g/mol. The van der Waals surface area contributed by atoms with E-state index in [1.807, 2.05) is 45.2 Å². The topological polar surface area (TPSA) is 115 Å². The summed E-state index contributed by atoms with van der Waals surface area (Å²) in [5.74, 6) is 0. The summed E-state index contributed by atoms with van der Waals surface area (Å²) in [4.78, 5) is 10.1. The highest BCUT2D eigenvalue weighted by Crippen LogP contribution is 2.29. The molecule has 0 amide bonds. The predicted octanol–water partition coefficient (Wildman–Crippen LogP) is 2.62. The van der Waals surface area contributed by atoms with Crippen LogP contribution in [0.15, 0.2) is 17.2 Å². The molecule has 1 aromatic carbocycles. The van der Waals surface area contributed by atoms with Crippen LogP contribution in [0, 0.1) is 39.9 Å². The summed E-state index contributed by atoms with van der Waals surface area (Å²) in [5.41, 5.74) is 2.72. The Hall–Kier alpha value is -1.47. The van der Waals surface area contributed by atoms with Gasteiger partial charge in [-0.25, -0.2) is 0 Å². The molecular weight excluding hydrogens is 464 g/mol. The van der Waals surface area contributed by atoms with E-state index in [4.69, 9.17) is 10.5 Å². The normalized spacial score (nSPS) is 8.89. The van der Waals surface area contributed by atoms with Crippen LogP contribution < -0.4 is 5.43 Å². The lowest BCUT2D eigenvalue weighted by molar-refractivity contribution is -0.385. The minimum atomic E-state index is -0.493. The number of hydrazone groups is 1. The van der Waals surface area contributed by atoms with Crippen molar-refractivity contribution in [3.63, 3.8) is 0 Å². The fourth-order valence-corrected chi connectivity index (χ4v) is 2.94. The monoisotopic (exact) mass is 467 g/mol. The fraction of sp³-hybridized carbons (Fsp3) is 0. The lowest BCUT2D eigenvalue weighted by Crippen LogP contribution is -2.01. The smallest absolute Gasteiger partial charge is 0.271 e. The van der Waals surface area contributed by atoms with E-state index in [-0.39, 0.29) is 11.4 Å². The zero-order valence-corrected chi connectivity index (χ0v) is 12.8. The van der Waals surface area contributed by atoms with E-state index in [0.29, 0.717) is 12.8 Å². The molecule has 0 fully saturated rings. The molecule has 9 heteroatoms. The van der Waals surface area contributed by atoms with Gasteiger partial charge in [0.25, 0.3) is 5.69 Å². The Kier molecular flexibility index (Phi) is 5.24. The van der Waals surface area contributed by atoms with Crippen LogP contribution in [-0.4, -0.2) is 10.6 Å². The summed E-state index contributed by atoms with van der Waals surface area (Å²) in [7, 11) is 0. The lowest BCUT2D eigenvalue weighted by atomic mass is 10.3. The minimum absolute atomic E-state index is 0.0286. The van der Waals surface area contributed by atoms with Crippen molar-refractivity contribution in [2.45, 2.75) is 0 Å². The second-order valence-electron chi connectivity index (χ2n) is 2.84. The van der Waals surface area contributed by atoms with Gasteiger partial charge in [-0.3, -0.25) is 15.5 Å². The van der Waals surface area contributed by atoms with Crippen LogP contribution in [0.4, 0.5) is 11.4 Å². The van der Waals surface area contributed by atoms with E-state index >= 15 is 0 Å². The molecule has 0 spiro atoms. The predicted molar refractivity (Wildman–Crippen MR) is 80.8 cm³/mol. The van der Waals surface area contributed by atoms with Crippen LogP contribution in [0.2, 0.25) is 0 Å². The maximum Gasteiger partial charge on any atom is 0.271 e. The Bertz CT molecular complexity index is 575. The molecule has 0 aliphatic carbocycles. The number of halogens is 2. The van der Waals surface area contributed by atoms with Gasteiger partial charge in [-0.15, -0.1) is 0 Å². The Labute approximate surface area is 129 Å². The molecule has 0 heterocycles. The second-order valence-corrected chi connectivity index (χ2v) is 5.16. The Balaban J connectivity index is 3.14. The first-order valence-corrected chi connectivity index (χ1v) is 6.42. The van der Waals surface area contributed by atoms with E-state index in [2.05, 4.69) is 10.5 Å². The molecule has 0 aromatic heterocycles. The highest BCUT2D eigenvalue weighted by molar-refractivity contribution is 14.1. The third kappa shape index (κ3) is 3.51. The lowest BCUT2D eigenvalue weighted by Gasteiger charge is -2.06. The van der Waals surface area contributed by atoms with Gasteiger partial charge in [0.2, 0.25) is 5.71 Å². The molecule has 1 aromatic rings. The average Bonchev–Trinajstić information content (AvgIpc) is 2.32. The SMILES string of the molecule is N#CC(C#N)=NNc1c(I)cc([N+](=O)[O-])cc1I. The van der Waals surface area contributed by atoms with Crippen LogP contribution in [-0.2, 0) is 0 Å². The third-order valence-electron chi connectivity index (χ3n) is 1.73. The number of rotatable bonds is 3. The zero-order valence-electron chi connectivity index (χ0n) is 8.52. The molecule has 1 N–H and O–H groups in total. The van der Waals surface area contributed by atoms with Crippen molar-refractivity contribution in [1.29, 1.82) is 10.5 Å². The van der Waals surface area contributed by atoms with Crippen molar-refractivity contribution in [2.75, 3.05) is 5.43 Å². The molecule has 0 aliphatic heterocycles. The standard InChI is InChI=1S/C9H3I2N5O2/c10-7-1-6(16(17)18)2-8(11)9(7)15-14-5(3-12)4-13/h1-2,15H. The Morgan fingerprint density at radius 2 is 1.83 bits per heavy atom. The summed E-state index contributed by atoms with van der Waals surface area (Å²) in [5, 5.41) is 31.3. The number of nitro groups is 1. The van der Waals surface area contributed by atoms with Gasteiger partial charge in [0.1, 0.15) is 12.1 Å². The van der Waals surface area contributed by atoms with Gasteiger partial charge in [-0.2, -0.15) is 15.6 Å². The summed E-state index contributed by atoms with van der Waals surface area (Å²) in [6.07, 6.45) is 0. The summed E-state index contributed by atoms with van der Waals surface area (Å²) in [6.45, 7) is 0. The molecule has 0 atom stereocenters. The van der Waals surface area contributed by atoms with Gasteiger partial charge in [0, 0.05) is 19.3 Å². The van der Waals surface area contributed by atoms with Crippen molar-refractivity contribution < 1.29 is 4.92 Å². The van der Waals surface area contributed by atoms with Crippen LogP contribution >= 0.6 is 45.2 Å². The van der Waals surface area contributed by atoms with E-state index in [1.165, 1.54) is 12.1 Å². The van der Waals surface area contributed by atoms with Crippen molar-refractivity contribution in [2.24, 2.45) is 5.10 Å². The first kappa shape index (κ1) is 14.6. The molecule has 7 nitrogen and oxygen atoms in total. The molecule has 0 aliphatic rings. The van der Waals surface area contributed by atoms with Crippen LogP contribution in [0.25, 0.3) is 0 Å². The fourth-order valence-electron chi connectivity index (χ4n) is 0.959.